The van der Waals surface area contributed by atoms with E-state index >= 15 is 0 Å². The topological polar surface area (TPSA) is 74.1 Å². The summed E-state index contributed by atoms with van der Waals surface area (Å²) in [5.41, 5.74) is 4.29. The summed E-state index contributed by atoms with van der Waals surface area (Å²) in [5, 5.41) is 11.0. The fraction of sp³-hybridized carbons (Fsp3) is 0.690. The quantitative estimate of drug-likeness (QED) is 0.446. The molecular weight excluding hydrogens is 562 g/mol. The molecule has 7 nitrogen and oxygen atoms in total. The standard InChI is InChI=1S/C29H42BrN5O2.H2S/c1-6-19(3)31-25-21(7-2)22-24(20(4)23(25)30)32-27(33-26(22)34-14-8-11-28(5,36)17-34)37-18-29-12-9-15-35(29)16-10-13-29;/h7,19,36H,6,8-18H2,1-5H3;1H2/b21-7-,31-25?;/t19?,28-;/m1./s1. The fourth-order valence-electron chi connectivity index (χ4n) is 6.54. The van der Waals surface area contributed by atoms with Crippen LogP contribution in [0.4, 0.5) is 5.82 Å². The minimum absolute atomic E-state index is 0. The summed E-state index contributed by atoms with van der Waals surface area (Å²) in [6.07, 6.45) is 9.64. The van der Waals surface area contributed by atoms with Crippen LogP contribution in [0.2, 0.25) is 0 Å². The van der Waals surface area contributed by atoms with Gasteiger partial charge in [0.25, 0.3) is 0 Å². The van der Waals surface area contributed by atoms with E-state index in [0.29, 0.717) is 19.2 Å². The number of anilines is 1. The van der Waals surface area contributed by atoms with Crippen LogP contribution in [0.25, 0.3) is 11.1 Å². The van der Waals surface area contributed by atoms with Crippen molar-refractivity contribution in [3.8, 4) is 6.01 Å². The van der Waals surface area contributed by atoms with Crippen molar-refractivity contribution in [3.63, 3.8) is 0 Å². The van der Waals surface area contributed by atoms with E-state index in [0.717, 1.165) is 64.2 Å². The largest absolute Gasteiger partial charge is 0.461 e. The van der Waals surface area contributed by atoms with Crippen molar-refractivity contribution in [1.29, 1.82) is 0 Å². The number of β-amino-alcohol motifs (C(OH)–C–C–N with tert-alkyl or cyclic N) is 1. The SMILES string of the molecule is C/C=C1\C(=NC(C)CC)C(Br)=C(C)c2nc(OCC34CCCN3CCC4)nc(N3CCC[C@@](C)(O)C3)c21.S. The molecule has 0 bridgehead atoms. The van der Waals surface area contributed by atoms with Gasteiger partial charge in [0.1, 0.15) is 12.4 Å². The van der Waals surface area contributed by atoms with Crippen molar-refractivity contribution in [2.75, 3.05) is 37.7 Å². The summed E-state index contributed by atoms with van der Waals surface area (Å²) in [5.74, 6) is 0.844. The monoisotopic (exact) mass is 605 g/mol. The number of rotatable bonds is 6. The lowest BCUT2D eigenvalue weighted by Gasteiger charge is -2.39. The Hall–Kier alpha value is -1.42. The Morgan fingerprint density at radius 3 is 2.47 bits per heavy atom. The van der Waals surface area contributed by atoms with Gasteiger partial charge in [-0.1, -0.05) is 13.0 Å². The molecule has 210 valence electrons. The Labute approximate surface area is 243 Å². The number of allylic oxidation sites excluding steroid dienone is 4. The molecule has 0 aromatic carbocycles. The number of piperidine rings is 1. The number of aromatic nitrogens is 2. The molecule has 0 spiro atoms. The molecule has 0 radical (unpaired) electrons. The number of aliphatic hydroxyl groups is 1. The Balaban J connectivity index is 0.00000336. The molecule has 1 aromatic heterocycles. The Morgan fingerprint density at radius 2 is 1.84 bits per heavy atom. The third-order valence-corrected chi connectivity index (χ3v) is 9.74. The maximum atomic E-state index is 11.0. The van der Waals surface area contributed by atoms with E-state index in [1.54, 1.807) is 0 Å². The van der Waals surface area contributed by atoms with Gasteiger partial charge in [-0.15, -0.1) is 0 Å². The highest BCUT2D eigenvalue weighted by atomic mass is 79.9. The molecule has 1 N–H and O–H groups in total. The summed E-state index contributed by atoms with van der Waals surface area (Å²) < 4.78 is 7.44. The molecule has 4 aliphatic rings. The zero-order valence-corrected chi connectivity index (χ0v) is 26.2. The van der Waals surface area contributed by atoms with Crippen LogP contribution >= 0.6 is 29.4 Å². The number of ether oxygens (including phenoxy) is 1. The number of halogens is 1. The smallest absolute Gasteiger partial charge is 0.319 e. The molecule has 3 saturated heterocycles. The third-order valence-electron chi connectivity index (χ3n) is 8.77. The zero-order valence-electron chi connectivity index (χ0n) is 23.6. The highest BCUT2D eigenvalue weighted by Gasteiger charge is 2.45. The molecule has 1 aliphatic carbocycles. The van der Waals surface area contributed by atoms with Gasteiger partial charge < -0.3 is 14.7 Å². The summed E-state index contributed by atoms with van der Waals surface area (Å²) in [6, 6.07) is 0.638. The van der Waals surface area contributed by atoms with Crippen molar-refractivity contribution in [3.05, 3.63) is 21.8 Å². The molecule has 2 atom stereocenters. The zero-order chi connectivity index (χ0) is 26.4. The van der Waals surface area contributed by atoms with Crippen LogP contribution in [0, 0.1) is 0 Å². The van der Waals surface area contributed by atoms with Crippen molar-refractivity contribution in [2.24, 2.45) is 4.99 Å². The molecule has 0 amide bonds. The number of nitrogens with zero attached hydrogens (tertiary/aromatic N) is 5. The average Bonchev–Trinajstić information content (AvgIpc) is 3.45. The second-order valence-electron chi connectivity index (χ2n) is 11.7. The van der Waals surface area contributed by atoms with E-state index in [4.69, 9.17) is 19.7 Å². The van der Waals surface area contributed by atoms with Crippen LogP contribution in [-0.4, -0.2) is 75.7 Å². The Bertz CT molecular complexity index is 1140. The molecule has 3 aliphatic heterocycles. The lowest BCUT2D eigenvalue weighted by molar-refractivity contribution is 0.0446. The van der Waals surface area contributed by atoms with E-state index < -0.39 is 5.60 Å². The van der Waals surface area contributed by atoms with E-state index in [1.165, 1.54) is 38.8 Å². The van der Waals surface area contributed by atoms with E-state index in [2.05, 4.69) is 59.5 Å². The number of aliphatic imine (C=N–C) groups is 1. The predicted molar refractivity (Wildman–Crippen MR) is 165 cm³/mol. The first-order valence-electron chi connectivity index (χ1n) is 14.1. The molecule has 3 fully saturated rings. The van der Waals surface area contributed by atoms with E-state index in [1.807, 2.05) is 6.92 Å². The summed E-state index contributed by atoms with van der Waals surface area (Å²) in [6.45, 7) is 14.7. The Kier molecular flexibility index (Phi) is 9.02. The molecule has 0 saturated carbocycles. The van der Waals surface area contributed by atoms with Crippen molar-refractivity contribution in [2.45, 2.75) is 96.7 Å². The van der Waals surface area contributed by atoms with Gasteiger partial charge in [-0.25, -0.2) is 0 Å². The molecule has 1 aromatic rings. The molecule has 5 rings (SSSR count). The lowest BCUT2D eigenvalue weighted by atomic mass is 9.88. The highest BCUT2D eigenvalue weighted by molar-refractivity contribution is 9.12. The van der Waals surface area contributed by atoms with E-state index in [-0.39, 0.29) is 25.1 Å². The van der Waals surface area contributed by atoms with Crippen LogP contribution in [-0.2, 0) is 0 Å². The van der Waals surface area contributed by atoms with Gasteiger partial charge in [-0.3, -0.25) is 9.89 Å². The van der Waals surface area contributed by atoms with Gasteiger partial charge >= 0.3 is 6.01 Å². The van der Waals surface area contributed by atoms with Gasteiger partial charge in [-0.05, 0) is 107 Å². The summed E-state index contributed by atoms with van der Waals surface area (Å²) >= 11 is 3.87. The molecular formula is C29H44BrN5O2S. The second kappa shape index (κ2) is 11.6. The maximum absolute atomic E-state index is 11.0. The first-order valence-corrected chi connectivity index (χ1v) is 14.9. The van der Waals surface area contributed by atoms with Gasteiger partial charge in [0, 0.05) is 29.2 Å². The van der Waals surface area contributed by atoms with Gasteiger partial charge in [0.2, 0.25) is 0 Å². The second-order valence-corrected chi connectivity index (χ2v) is 12.5. The van der Waals surface area contributed by atoms with Crippen molar-refractivity contribution in [1.82, 2.24) is 14.9 Å². The molecule has 4 heterocycles. The van der Waals surface area contributed by atoms with Crippen LogP contribution < -0.4 is 9.64 Å². The molecule has 38 heavy (non-hydrogen) atoms. The van der Waals surface area contributed by atoms with Crippen LogP contribution in [0.1, 0.15) is 90.8 Å². The van der Waals surface area contributed by atoms with Gasteiger partial charge in [-0.2, -0.15) is 23.5 Å². The third kappa shape index (κ3) is 5.45. The van der Waals surface area contributed by atoms with Crippen LogP contribution in [0.5, 0.6) is 6.01 Å². The van der Waals surface area contributed by atoms with Crippen molar-refractivity contribution < 1.29 is 9.84 Å². The lowest BCUT2D eigenvalue weighted by Crippen LogP contribution is -2.47. The number of fused-ring (bicyclic) bond motifs is 2. The van der Waals surface area contributed by atoms with Gasteiger partial charge in [0.05, 0.1) is 28.1 Å². The predicted octanol–water partition coefficient (Wildman–Crippen LogP) is 5.73. The minimum atomic E-state index is -0.756. The average molecular weight is 607 g/mol. The highest BCUT2D eigenvalue weighted by Crippen LogP contribution is 2.44. The minimum Gasteiger partial charge on any atom is -0.461 e. The number of hydrogen-bond donors (Lipinski definition) is 1. The summed E-state index contributed by atoms with van der Waals surface area (Å²) in [7, 11) is 0. The maximum Gasteiger partial charge on any atom is 0.319 e. The van der Waals surface area contributed by atoms with Crippen molar-refractivity contribution >= 4 is 52.1 Å². The number of hydrogen-bond acceptors (Lipinski definition) is 7. The Morgan fingerprint density at radius 1 is 1.16 bits per heavy atom. The first kappa shape index (κ1) is 29.6. The molecule has 1 unspecified atom stereocenters. The summed E-state index contributed by atoms with van der Waals surface area (Å²) in [4.78, 5) is 20.0. The van der Waals surface area contributed by atoms with Crippen LogP contribution in [0.3, 0.4) is 0 Å². The van der Waals surface area contributed by atoms with Crippen LogP contribution in [0.15, 0.2) is 15.6 Å². The van der Waals surface area contributed by atoms with E-state index in [9.17, 15) is 5.11 Å². The molecule has 9 heteroatoms. The fourth-order valence-corrected chi connectivity index (χ4v) is 7.04. The normalized spacial score (nSPS) is 27.9. The van der Waals surface area contributed by atoms with Gasteiger partial charge in [0.15, 0.2) is 0 Å². The first-order chi connectivity index (χ1) is 17.7.